The first-order chi connectivity index (χ1) is 21.4. The fraction of sp³-hybridized carbons (Fsp3) is 0.194. The molecule has 0 saturated carbocycles. The van der Waals surface area contributed by atoms with Gasteiger partial charge >= 0.3 is 6.18 Å². The van der Waals surface area contributed by atoms with Crippen LogP contribution in [0.2, 0.25) is 5.02 Å². The predicted molar refractivity (Wildman–Crippen MR) is 166 cm³/mol. The van der Waals surface area contributed by atoms with Crippen LogP contribution in [0, 0.1) is 11.3 Å². The zero-order valence-corrected chi connectivity index (χ0v) is 25.7. The molecule has 1 aliphatic heterocycles. The average Bonchev–Trinajstić information content (AvgIpc) is 3.33. The summed E-state index contributed by atoms with van der Waals surface area (Å²) in [6, 6.07) is 18.0. The summed E-state index contributed by atoms with van der Waals surface area (Å²) in [5.74, 6) is -1.05. The number of amides is 1. The van der Waals surface area contributed by atoms with Gasteiger partial charge in [-0.1, -0.05) is 54.4 Å². The molecule has 1 fully saturated rings. The van der Waals surface area contributed by atoms with Crippen molar-refractivity contribution in [2.75, 3.05) is 18.4 Å². The van der Waals surface area contributed by atoms with Crippen molar-refractivity contribution >= 4 is 56.2 Å². The van der Waals surface area contributed by atoms with Gasteiger partial charge in [-0.25, -0.2) is 8.42 Å². The maximum atomic E-state index is 14.1. The van der Waals surface area contributed by atoms with E-state index in [0.29, 0.717) is 34.6 Å². The Morgan fingerprint density at radius 3 is 2.38 bits per heavy atom. The number of aromatic nitrogens is 1. The Morgan fingerprint density at radius 1 is 1.00 bits per heavy atom. The first-order valence-electron chi connectivity index (χ1n) is 13.6. The van der Waals surface area contributed by atoms with Crippen molar-refractivity contribution in [3.05, 3.63) is 108 Å². The molecule has 0 unspecified atom stereocenters. The number of hydrogen-bond donors (Lipinski definition) is 1. The molecule has 0 radical (unpaired) electrons. The maximum absolute atomic E-state index is 14.1. The van der Waals surface area contributed by atoms with E-state index in [1.54, 1.807) is 30.3 Å². The molecule has 1 aliphatic rings. The lowest BCUT2D eigenvalue weighted by Crippen LogP contribution is -2.35. The predicted octanol–water partition coefficient (Wildman–Crippen LogP) is 4.89. The van der Waals surface area contributed by atoms with E-state index in [4.69, 9.17) is 11.6 Å². The number of para-hydroxylation sites is 1. The molecule has 0 atom stereocenters. The largest absolute Gasteiger partial charge is 0.418 e. The Morgan fingerprint density at radius 2 is 1.69 bits per heavy atom. The van der Waals surface area contributed by atoms with Crippen LogP contribution in [0.15, 0.2) is 82.5 Å². The van der Waals surface area contributed by atoms with Crippen LogP contribution in [0.25, 0.3) is 17.3 Å². The van der Waals surface area contributed by atoms with Crippen LogP contribution in [-0.2, 0) is 21.0 Å². The molecule has 232 valence electrons. The molecule has 1 N–H and O–H groups in total. The number of alkyl halides is 3. The molecule has 1 aromatic heterocycles. The van der Waals surface area contributed by atoms with E-state index in [1.165, 1.54) is 40.7 Å². The second-order valence-electron chi connectivity index (χ2n) is 10.0. The fourth-order valence-corrected chi connectivity index (χ4v) is 7.73. The van der Waals surface area contributed by atoms with Crippen molar-refractivity contribution in [2.24, 2.45) is 0 Å². The Labute approximate surface area is 265 Å². The van der Waals surface area contributed by atoms with Crippen molar-refractivity contribution in [2.45, 2.75) is 30.3 Å². The van der Waals surface area contributed by atoms with Crippen molar-refractivity contribution in [3.63, 3.8) is 0 Å². The monoisotopic (exact) mass is 672 g/mol. The number of rotatable bonds is 6. The number of sulfonamides is 1. The summed E-state index contributed by atoms with van der Waals surface area (Å²) in [4.78, 5) is 27.1. The van der Waals surface area contributed by atoms with Crippen LogP contribution < -0.4 is 20.1 Å². The molecule has 0 bridgehead atoms. The van der Waals surface area contributed by atoms with Gasteiger partial charge in [0.05, 0.1) is 20.7 Å². The Hall–Kier alpha value is -4.22. The number of nitrogens with zero attached hydrogens (tertiary/aromatic N) is 3. The van der Waals surface area contributed by atoms with Crippen molar-refractivity contribution < 1.29 is 26.4 Å². The van der Waals surface area contributed by atoms with Crippen LogP contribution in [0.3, 0.4) is 0 Å². The van der Waals surface area contributed by atoms with E-state index >= 15 is 0 Å². The van der Waals surface area contributed by atoms with E-state index < -0.39 is 44.5 Å². The number of thiazole rings is 1. The fourth-order valence-electron chi connectivity index (χ4n) is 4.89. The topological polar surface area (TPSA) is 112 Å². The van der Waals surface area contributed by atoms with E-state index in [9.17, 15) is 36.4 Å². The number of nitrogens with one attached hydrogen (secondary N) is 1. The highest BCUT2D eigenvalue weighted by Gasteiger charge is 2.35. The van der Waals surface area contributed by atoms with Gasteiger partial charge in [0.2, 0.25) is 10.0 Å². The van der Waals surface area contributed by atoms with Crippen molar-refractivity contribution in [1.29, 1.82) is 5.26 Å². The van der Waals surface area contributed by atoms with Gasteiger partial charge in [-0.3, -0.25) is 14.2 Å². The van der Waals surface area contributed by atoms with Crippen LogP contribution in [0.5, 0.6) is 0 Å². The number of halogens is 4. The van der Waals surface area contributed by atoms with Gasteiger partial charge in [-0.05, 0) is 60.9 Å². The van der Waals surface area contributed by atoms with Gasteiger partial charge in [0, 0.05) is 23.8 Å². The third kappa shape index (κ3) is 6.74. The smallest absolute Gasteiger partial charge is 0.321 e. The van der Waals surface area contributed by atoms with Gasteiger partial charge in [-0.15, -0.1) is 11.3 Å². The molecule has 14 heteroatoms. The zero-order valence-electron chi connectivity index (χ0n) is 23.3. The second kappa shape index (κ2) is 13.0. The van der Waals surface area contributed by atoms with Gasteiger partial charge in [-0.2, -0.15) is 22.7 Å². The van der Waals surface area contributed by atoms with Crippen LogP contribution in [0.1, 0.15) is 30.4 Å². The molecule has 45 heavy (non-hydrogen) atoms. The lowest BCUT2D eigenvalue weighted by molar-refractivity contribution is -0.137. The molecule has 1 amide bonds. The maximum Gasteiger partial charge on any atom is 0.418 e. The molecular weight excluding hydrogens is 649 g/mol. The van der Waals surface area contributed by atoms with Crippen molar-refractivity contribution in [3.8, 4) is 11.8 Å². The first-order valence-corrected chi connectivity index (χ1v) is 16.3. The number of carbonyl (C=O) groups is 1. The third-order valence-corrected chi connectivity index (χ3v) is 10.4. The highest BCUT2D eigenvalue weighted by atomic mass is 35.5. The average molecular weight is 673 g/mol. The summed E-state index contributed by atoms with van der Waals surface area (Å²) in [7, 11) is -3.85. The van der Waals surface area contributed by atoms with Crippen LogP contribution >= 0.6 is 22.9 Å². The highest BCUT2D eigenvalue weighted by Crippen LogP contribution is 2.33. The van der Waals surface area contributed by atoms with Gasteiger partial charge in [0.25, 0.3) is 11.5 Å². The van der Waals surface area contributed by atoms with Gasteiger partial charge in [0.1, 0.15) is 10.7 Å². The molecule has 0 spiro atoms. The molecule has 8 nitrogen and oxygen atoms in total. The summed E-state index contributed by atoms with van der Waals surface area (Å²) < 4.78 is 70.2. The van der Waals surface area contributed by atoms with Crippen LogP contribution in [-0.4, -0.2) is 36.3 Å². The van der Waals surface area contributed by atoms with Gasteiger partial charge in [0.15, 0.2) is 5.57 Å². The Bertz CT molecular complexity index is 2110. The summed E-state index contributed by atoms with van der Waals surface area (Å²) in [5.41, 5.74) is -2.84. The first kappa shape index (κ1) is 32.2. The summed E-state index contributed by atoms with van der Waals surface area (Å²) >= 11 is 6.90. The lowest BCUT2D eigenvalue weighted by atomic mass is 10.1. The molecule has 1 saturated heterocycles. The molecule has 3 aromatic carbocycles. The molecular formula is C31H24ClF3N4O4S2. The minimum atomic E-state index is -4.86. The van der Waals surface area contributed by atoms with E-state index in [1.807, 2.05) is 0 Å². The lowest BCUT2D eigenvalue weighted by Gasteiger charge is -2.26. The highest BCUT2D eigenvalue weighted by molar-refractivity contribution is 7.89. The van der Waals surface area contributed by atoms with Crippen LogP contribution in [0.4, 0.5) is 18.9 Å². The van der Waals surface area contributed by atoms with E-state index in [0.717, 1.165) is 37.5 Å². The summed E-state index contributed by atoms with van der Waals surface area (Å²) in [6.45, 7) is 0.738. The molecule has 5 rings (SSSR count). The number of anilines is 1. The number of carbonyl (C=O) groups excluding carboxylic acids is 1. The Balaban J connectivity index is 1.67. The number of piperidine rings is 1. The van der Waals surface area contributed by atoms with Gasteiger partial charge < -0.3 is 5.32 Å². The second-order valence-corrected chi connectivity index (χ2v) is 13.4. The minimum absolute atomic E-state index is 0.0369. The summed E-state index contributed by atoms with van der Waals surface area (Å²) in [6.07, 6.45) is -1.11. The zero-order chi connectivity index (χ0) is 32.4. The SMILES string of the molecule is N#C/C(C(=O)Nc1cccc(S(=O)(=O)N2CCCCC2)c1)=c1/s/c(=C/c2ccccc2Cl)c(=O)n1-c1ccccc1C(F)(F)F. The Kier molecular flexibility index (Phi) is 9.31. The van der Waals surface area contributed by atoms with Crippen molar-refractivity contribution in [1.82, 2.24) is 8.87 Å². The normalized spacial score (nSPS) is 15.4. The number of hydrogen-bond acceptors (Lipinski definition) is 6. The molecule has 0 aliphatic carbocycles. The standard InChI is InChI=1S/C31H24ClF3N4O4S2/c32-25-13-4-2-9-20(25)17-27-29(41)39(26-14-5-3-12-24(26)31(33,34)35)30(44-27)23(19-36)28(40)37-21-10-8-11-22(18-21)45(42,43)38-15-6-1-7-16-38/h2-5,8-14,17-18H,1,6-7,15-16H2,(H,37,40)/b27-17+,30-23-. The van der Waals surface area contributed by atoms with E-state index in [2.05, 4.69) is 5.32 Å². The molecule has 4 aromatic rings. The summed E-state index contributed by atoms with van der Waals surface area (Å²) in [5, 5.41) is 12.9. The third-order valence-electron chi connectivity index (χ3n) is 7.06. The van der Waals surface area contributed by atoms with E-state index in [-0.39, 0.29) is 24.8 Å². The molecule has 2 heterocycles. The quantitative estimate of drug-likeness (QED) is 0.314. The number of benzene rings is 3. The minimum Gasteiger partial charge on any atom is -0.321 e. The number of nitriles is 1.